The van der Waals surface area contributed by atoms with Crippen LogP contribution < -0.4 is 69.7 Å². The zero-order chi connectivity index (χ0) is 28.3. The number of anilines is 4. The topological polar surface area (TPSA) is 199 Å². The average molecular weight is 694 g/mol. The Hall–Kier alpha value is -1.02. The molecule has 0 radical (unpaired) electrons. The number of rotatable bonds is 8. The van der Waals surface area contributed by atoms with Gasteiger partial charge < -0.3 is 19.7 Å². The quantitative estimate of drug-likeness (QED) is 0.0934. The van der Waals surface area contributed by atoms with Crippen LogP contribution in [0.1, 0.15) is 11.1 Å². The normalized spacial score (nSPS) is 11.9. The summed E-state index contributed by atoms with van der Waals surface area (Å²) in [6, 6.07) is 8.03. The van der Waals surface area contributed by atoms with Gasteiger partial charge in [0.15, 0.2) is 0 Å². The molecule has 202 valence electrons. The summed E-state index contributed by atoms with van der Waals surface area (Å²) in [6.07, 6.45) is 2.60. The summed E-state index contributed by atoms with van der Waals surface area (Å²) in [7, 11) is -4.96. The second-order valence-corrected chi connectivity index (χ2v) is 10.8. The van der Waals surface area contributed by atoms with Crippen molar-refractivity contribution < 1.29 is 80.8 Å². The molecular formula is C20H10Cl4N8Na2O5S2. The van der Waals surface area contributed by atoms with Gasteiger partial charge in [-0.15, -0.1) is 0 Å². The van der Waals surface area contributed by atoms with Crippen LogP contribution in [-0.4, -0.2) is 51.6 Å². The van der Waals surface area contributed by atoms with Crippen LogP contribution in [0, 0.1) is 0 Å². The number of nitrogens with one attached hydrogen (secondary N) is 2. The Kier molecular flexibility index (Phi) is 13.8. The Morgan fingerprint density at radius 2 is 1.12 bits per heavy atom. The van der Waals surface area contributed by atoms with Crippen LogP contribution in [0.2, 0.25) is 21.1 Å². The van der Waals surface area contributed by atoms with Gasteiger partial charge in [-0.1, -0.05) is 24.3 Å². The summed E-state index contributed by atoms with van der Waals surface area (Å²) in [5, 5.41) is 4.68. The van der Waals surface area contributed by atoms with Crippen LogP contribution in [-0.2, 0) is 21.2 Å². The first-order chi connectivity index (χ1) is 18.4. The maximum atomic E-state index is 12.0. The molecule has 2 aromatic carbocycles. The van der Waals surface area contributed by atoms with E-state index >= 15 is 0 Å². The number of aromatic nitrogens is 6. The summed E-state index contributed by atoms with van der Waals surface area (Å²) in [6.45, 7) is 0. The van der Waals surface area contributed by atoms with Crippen molar-refractivity contribution in [3.63, 3.8) is 0 Å². The van der Waals surface area contributed by atoms with E-state index in [1.807, 2.05) is 0 Å². The van der Waals surface area contributed by atoms with Crippen LogP contribution in [0.3, 0.4) is 0 Å². The molecule has 21 heteroatoms. The van der Waals surface area contributed by atoms with Gasteiger partial charge >= 0.3 is 59.1 Å². The largest absolute Gasteiger partial charge is 1.00 e. The SMILES string of the molecule is O=S([O-])c1cc(Nc2nc(Cl)nc(Cl)n2)ccc1C=Cc1ccc(Nc2nc(Cl)nc(Cl)n2)cc1S(=O)(=O)[O-].[Na+].[Na+]. The third kappa shape index (κ3) is 10.3. The molecule has 4 aromatic rings. The van der Waals surface area contributed by atoms with Crippen LogP contribution in [0.25, 0.3) is 12.2 Å². The van der Waals surface area contributed by atoms with Crippen molar-refractivity contribution in [1.82, 2.24) is 29.9 Å². The number of halogens is 4. The molecule has 2 N–H and O–H groups in total. The fourth-order valence-electron chi connectivity index (χ4n) is 3.06. The van der Waals surface area contributed by atoms with E-state index in [-0.39, 0.29) is 120 Å². The van der Waals surface area contributed by atoms with Gasteiger partial charge in [0.1, 0.15) is 10.1 Å². The van der Waals surface area contributed by atoms with E-state index in [9.17, 15) is 21.7 Å². The third-order valence-corrected chi connectivity index (χ3v) is 6.87. The Morgan fingerprint density at radius 1 is 0.707 bits per heavy atom. The third-order valence-electron chi connectivity index (χ3n) is 4.59. The first kappa shape index (κ1) is 36.2. The number of nitrogens with zero attached hydrogens (tertiary/aromatic N) is 6. The molecule has 0 fully saturated rings. The second kappa shape index (κ2) is 15.6. The number of hydrogen-bond donors (Lipinski definition) is 2. The van der Waals surface area contributed by atoms with Gasteiger partial charge in [-0.25, -0.2) is 8.42 Å². The molecule has 1 unspecified atom stereocenters. The van der Waals surface area contributed by atoms with Gasteiger partial charge in [-0.2, -0.15) is 29.9 Å². The molecule has 13 nitrogen and oxygen atoms in total. The molecule has 1 atom stereocenters. The Balaban J connectivity index is 0.00000294. The maximum absolute atomic E-state index is 12.0. The molecule has 41 heavy (non-hydrogen) atoms. The minimum atomic E-state index is -4.96. The molecule has 2 aromatic heterocycles. The van der Waals surface area contributed by atoms with E-state index in [4.69, 9.17) is 46.4 Å². The van der Waals surface area contributed by atoms with Gasteiger partial charge in [0.2, 0.25) is 33.0 Å². The van der Waals surface area contributed by atoms with Crippen molar-refractivity contribution in [2.24, 2.45) is 0 Å². The predicted octanol–water partition coefficient (Wildman–Crippen LogP) is -1.52. The minimum absolute atomic E-state index is 0. The molecule has 0 bridgehead atoms. The number of hydrogen-bond acceptors (Lipinski definition) is 13. The van der Waals surface area contributed by atoms with Crippen molar-refractivity contribution in [3.8, 4) is 0 Å². The monoisotopic (exact) mass is 692 g/mol. The molecule has 0 saturated heterocycles. The zero-order valence-electron chi connectivity index (χ0n) is 20.7. The Morgan fingerprint density at radius 3 is 1.56 bits per heavy atom. The number of benzene rings is 2. The standard InChI is InChI=1S/C20H12Cl4N8O5S2.2Na/c21-15-27-16(22)30-19(29-15)25-11-5-3-9(13(7-11)38(33)34)1-2-10-4-6-12(8-14(10)39(35,36)37)26-20-31-17(23)28-18(24)32-20;;/h1-8H,(H,33,34)(H,35,36,37)(H,25,27,29,30)(H,26,28,31,32);;/q;2*+1/p-2. The maximum Gasteiger partial charge on any atom is 1.00 e. The molecule has 0 aliphatic heterocycles. The smallest absolute Gasteiger partial charge is 0.768 e. The van der Waals surface area contributed by atoms with Crippen LogP contribution >= 0.6 is 46.4 Å². The first-order valence-corrected chi connectivity index (χ1v) is 14.1. The van der Waals surface area contributed by atoms with E-state index < -0.39 is 26.1 Å². The molecule has 2 heterocycles. The van der Waals surface area contributed by atoms with Crippen LogP contribution in [0.5, 0.6) is 0 Å². The molecule has 0 amide bonds. The van der Waals surface area contributed by atoms with E-state index in [0.717, 1.165) is 6.07 Å². The van der Waals surface area contributed by atoms with Crippen molar-refractivity contribution >= 4 is 103 Å². The molecule has 0 aliphatic rings. The fraction of sp³-hybridized carbons (Fsp3) is 0. The van der Waals surface area contributed by atoms with Gasteiger partial charge in [0, 0.05) is 16.3 Å². The van der Waals surface area contributed by atoms with Crippen molar-refractivity contribution in [2.45, 2.75) is 9.79 Å². The molecule has 0 saturated carbocycles. The van der Waals surface area contributed by atoms with Gasteiger partial charge in [0.25, 0.3) is 0 Å². The van der Waals surface area contributed by atoms with Crippen LogP contribution in [0.15, 0.2) is 46.2 Å². The molecule has 0 spiro atoms. The van der Waals surface area contributed by atoms with Crippen molar-refractivity contribution in [2.75, 3.05) is 10.6 Å². The Bertz CT molecular complexity index is 1710. The van der Waals surface area contributed by atoms with E-state index in [1.54, 1.807) is 0 Å². The van der Waals surface area contributed by atoms with Gasteiger partial charge in [-0.3, -0.25) is 4.21 Å². The van der Waals surface area contributed by atoms with Gasteiger partial charge in [0.05, 0.1) is 4.90 Å². The summed E-state index contributed by atoms with van der Waals surface area (Å²) >= 11 is 20.3. The van der Waals surface area contributed by atoms with Crippen LogP contribution in [0.4, 0.5) is 23.3 Å². The fourth-order valence-corrected chi connectivity index (χ4v) is 5.04. The average Bonchev–Trinajstić information content (AvgIpc) is 2.81. The predicted molar refractivity (Wildman–Crippen MR) is 143 cm³/mol. The van der Waals surface area contributed by atoms with Gasteiger partial charge in [-0.05, 0) is 92.9 Å². The molecule has 0 aliphatic carbocycles. The van der Waals surface area contributed by atoms with E-state index in [0.29, 0.717) is 0 Å². The van der Waals surface area contributed by atoms with E-state index in [2.05, 4.69) is 40.5 Å². The van der Waals surface area contributed by atoms with Crippen molar-refractivity contribution in [3.05, 3.63) is 68.7 Å². The first-order valence-electron chi connectivity index (χ1n) is 10.1. The van der Waals surface area contributed by atoms with Crippen molar-refractivity contribution in [1.29, 1.82) is 0 Å². The van der Waals surface area contributed by atoms with E-state index in [1.165, 1.54) is 42.5 Å². The molecule has 4 rings (SSSR count). The minimum Gasteiger partial charge on any atom is -0.768 e. The Labute approximate surface area is 299 Å². The summed E-state index contributed by atoms with van der Waals surface area (Å²) in [5.74, 6) is -0.109. The summed E-state index contributed by atoms with van der Waals surface area (Å²) in [5.41, 5.74) is 0.588. The second-order valence-electron chi connectivity index (χ2n) is 7.17. The summed E-state index contributed by atoms with van der Waals surface area (Å²) in [4.78, 5) is 21.8. The molecular weight excluding hydrogens is 684 g/mol. The zero-order valence-corrected chi connectivity index (χ0v) is 29.3. The summed E-state index contributed by atoms with van der Waals surface area (Å²) < 4.78 is 59.7.